The van der Waals surface area contributed by atoms with Gasteiger partial charge in [0, 0.05) is 5.56 Å². The number of phenolic OH excluding ortho intramolecular Hbond substituents is 1. The highest BCUT2D eigenvalue weighted by atomic mass is 16.3. The summed E-state index contributed by atoms with van der Waals surface area (Å²) in [5.74, 6) is 1.27. The van der Waals surface area contributed by atoms with E-state index in [0.717, 1.165) is 65.5 Å². The van der Waals surface area contributed by atoms with Gasteiger partial charge in [-0.15, -0.1) is 0 Å². The average molecular weight is 570 g/mol. The molecule has 8 rings (SSSR count). The first-order chi connectivity index (χ1) is 20.9. The van der Waals surface area contributed by atoms with E-state index in [4.69, 9.17) is 15.8 Å². The van der Waals surface area contributed by atoms with Crippen molar-refractivity contribution in [1.29, 1.82) is 0 Å². The van der Waals surface area contributed by atoms with Gasteiger partial charge >= 0.3 is 0 Å². The monoisotopic (exact) mass is 569 g/mol. The Morgan fingerprint density at radius 2 is 1.72 bits per heavy atom. The van der Waals surface area contributed by atoms with Crippen LogP contribution < -0.4 is 11.3 Å². The van der Waals surface area contributed by atoms with E-state index in [1.165, 1.54) is 6.33 Å². The Morgan fingerprint density at radius 1 is 0.930 bits per heavy atom. The van der Waals surface area contributed by atoms with Crippen molar-refractivity contribution in [3.63, 3.8) is 0 Å². The molecule has 0 atom stereocenters. The third-order valence-electron chi connectivity index (χ3n) is 9.34. The highest BCUT2D eigenvalue weighted by molar-refractivity contribution is 5.99. The summed E-state index contributed by atoms with van der Waals surface area (Å²) in [7, 11) is 0. The van der Waals surface area contributed by atoms with Crippen molar-refractivity contribution in [3.05, 3.63) is 105 Å². The Kier molecular flexibility index (Phi) is 5.50. The molecule has 0 spiro atoms. The number of nitrogens with two attached hydrogens (primary N) is 1. The summed E-state index contributed by atoms with van der Waals surface area (Å²) in [6.45, 7) is 4.29. The number of fused-ring (bicyclic) bond motifs is 3. The molecule has 9 heteroatoms. The van der Waals surface area contributed by atoms with Crippen LogP contribution in [-0.2, 0) is 24.9 Å². The van der Waals surface area contributed by atoms with Gasteiger partial charge in [-0.25, -0.2) is 19.6 Å². The van der Waals surface area contributed by atoms with E-state index < -0.39 is 5.54 Å². The van der Waals surface area contributed by atoms with Crippen molar-refractivity contribution in [3.8, 4) is 17.0 Å². The number of rotatable bonds is 5. The summed E-state index contributed by atoms with van der Waals surface area (Å²) in [6.07, 6.45) is 5.80. The summed E-state index contributed by atoms with van der Waals surface area (Å²) in [6, 6.07) is 17.7. The molecule has 0 radical (unpaired) electrons. The van der Waals surface area contributed by atoms with Crippen LogP contribution in [0.3, 0.4) is 0 Å². The quantitative estimate of drug-likeness (QED) is 0.293. The number of hydrogen-bond acceptors (Lipinski definition) is 7. The highest BCUT2D eigenvalue weighted by Gasteiger charge is 2.49. The zero-order chi connectivity index (χ0) is 29.5. The number of benzene rings is 3. The average Bonchev–Trinajstić information content (AvgIpc) is 3.45. The van der Waals surface area contributed by atoms with E-state index >= 15 is 0 Å². The smallest absolute Gasteiger partial charge is 0.262 e. The van der Waals surface area contributed by atoms with Crippen molar-refractivity contribution in [2.75, 3.05) is 5.73 Å². The fraction of sp³-hybridized carbons (Fsp3) is 0.265. The second-order valence-corrected chi connectivity index (χ2v) is 11.9. The maximum atomic E-state index is 14.5. The number of aryl methyl sites for hydroxylation is 2. The first-order valence-corrected chi connectivity index (χ1v) is 14.8. The molecule has 1 saturated carbocycles. The minimum absolute atomic E-state index is 0.0407. The lowest BCUT2D eigenvalue weighted by atomic mass is 9.98. The standard InChI is InChI=1S/C34H31N7O2/c1-19-7-3-4-11-24(19)34(15-16-34)41-27(38-25-12-5-8-20(2)28(25)33(41)43)17-40-32-29(31(35)36-18-37-32)30(39-40)23-13-14-26(42)22-10-6-9-21(22)23/h3-5,7-8,11-14,18,42H,6,9-10,15-17H2,1-2H3,(H2,35,36,37). The summed E-state index contributed by atoms with van der Waals surface area (Å²) < 4.78 is 3.71. The van der Waals surface area contributed by atoms with E-state index in [-0.39, 0.29) is 12.1 Å². The van der Waals surface area contributed by atoms with Crippen LogP contribution in [0.1, 0.15) is 52.9 Å². The van der Waals surface area contributed by atoms with Gasteiger partial charge in [-0.1, -0.05) is 36.4 Å². The normalized spacial score (nSPS) is 15.3. The van der Waals surface area contributed by atoms with Gasteiger partial charge < -0.3 is 10.8 Å². The van der Waals surface area contributed by atoms with Gasteiger partial charge in [0.05, 0.1) is 21.8 Å². The molecule has 0 aliphatic heterocycles. The number of nitrogen functional groups attached to an aromatic ring is 1. The lowest BCUT2D eigenvalue weighted by Crippen LogP contribution is -2.36. The van der Waals surface area contributed by atoms with Crippen LogP contribution in [0, 0.1) is 13.8 Å². The Balaban J connectivity index is 1.37. The predicted molar refractivity (Wildman–Crippen MR) is 166 cm³/mol. The molecule has 3 N–H and O–H groups in total. The molecular weight excluding hydrogens is 538 g/mol. The molecule has 43 heavy (non-hydrogen) atoms. The zero-order valence-electron chi connectivity index (χ0n) is 24.1. The van der Waals surface area contributed by atoms with Crippen molar-refractivity contribution >= 4 is 27.8 Å². The molecule has 0 unspecified atom stereocenters. The van der Waals surface area contributed by atoms with Crippen LogP contribution in [0.15, 0.2) is 65.7 Å². The van der Waals surface area contributed by atoms with Gasteiger partial charge in [-0.05, 0) is 92.0 Å². The largest absolute Gasteiger partial charge is 0.508 e. The molecule has 2 aliphatic carbocycles. The maximum Gasteiger partial charge on any atom is 0.262 e. The number of aromatic hydroxyl groups is 1. The topological polar surface area (TPSA) is 125 Å². The van der Waals surface area contributed by atoms with E-state index in [1.54, 1.807) is 10.7 Å². The van der Waals surface area contributed by atoms with E-state index in [1.807, 2.05) is 47.9 Å². The molecule has 3 aromatic heterocycles. The summed E-state index contributed by atoms with van der Waals surface area (Å²) in [5, 5.41) is 16.9. The number of anilines is 1. The zero-order valence-corrected chi connectivity index (χ0v) is 24.1. The maximum absolute atomic E-state index is 14.5. The Labute approximate surface area is 247 Å². The van der Waals surface area contributed by atoms with Crippen molar-refractivity contribution in [2.24, 2.45) is 0 Å². The van der Waals surface area contributed by atoms with Crippen LogP contribution in [0.5, 0.6) is 5.75 Å². The van der Waals surface area contributed by atoms with Crippen LogP contribution in [0.2, 0.25) is 0 Å². The second-order valence-electron chi connectivity index (χ2n) is 11.9. The van der Waals surface area contributed by atoms with Crippen LogP contribution in [-0.4, -0.2) is 34.4 Å². The molecule has 0 saturated heterocycles. The lowest BCUT2D eigenvalue weighted by Gasteiger charge is -2.25. The van der Waals surface area contributed by atoms with E-state index in [9.17, 15) is 9.90 Å². The van der Waals surface area contributed by atoms with Crippen molar-refractivity contribution in [2.45, 2.75) is 58.0 Å². The molecule has 3 aromatic carbocycles. The molecule has 0 amide bonds. The number of nitrogens with zero attached hydrogens (tertiary/aromatic N) is 6. The third kappa shape index (κ3) is 3.73. The van der Waals surface area contributed by atoms with Crippen LogP contribution >= 0.6 is 0 Å². The summed E-state index contributed by atoms with van der Waals surface area (Å²) in [4.78, 5) is 28.5. The summed E-state index contributed by atoms with van der Waals surface area (Å²) in [5.41, 5.74) is 14.0. The van der Waals surface area contributed by atoms with Gasteiger partial charge in [0.25, 0.3) is 5.56 Å². The third-order valence-corrected chi connectivity index (χ3v) is 9.34. The first-order valence-electron chi connectivity index (χ1n) is 14.8. The van der Waals surface area contributed by atoms with Gasteiger partial charge in [0.2, 0.25) is 0 Å². The predicted octanol–water partition coefficient (Wildman–Crippen LogP) is 5.18. The molecule has 1 fully saturated rings. The van der Waals surface area contributed by atoms with Crippen molar-refractivity contribution < 1.29 is 5.11 Å². The summed E-state index contributed by atoms with van der Waals surface area (Å²) >= 11 is 0. The molecule has 2 aliphatic rings. The Morgan fingerprint density at radius 3 is 2.53 bits per heavy atom. The fourth-order valence-electron chi connectivity index (χ4n) is 7.19. The molecule has 6 aromatic rings. The van der Waals surface area contributed by atoms with Crippen LogP contribution in [0.25, 0.3) is 33.2 Å². The molecule has 214 valence electrons. The Hall–Kier alpha value is -5.05. The highest BCUT2D eigenvalue weighted by Crippen LogP contribution is 2.50. The number of phenols is 1. The number of hydrogen-bond donors (Lipinski definition) is 2. The van der Waals surface area contributed by atoms with Crippen molar-refractivity contribution in [1.82, 2.24) is 29.3 Å². The molecule has 3 heterocycles. The number of aromatic nitrogens is 6. The van der Waals surface area contributed by atoms with Crippen LogP contribution in [0.4, 0.5) is 5.82 Å². The molecule has 9 nitrogen and oxygen atoms in total. The molecular formula is C34H31N7O2. The Bertz CT molecular complexity index is 2170. The lowest BCUT2D eigenvalue weighted by molar-refractivity contribution is 0.469. The first kappa shape index (κ1) is 25.6. The second kappa shape index (κ2) is 9.22. The minimum atomic E-state index is -0.473. The van der Waals surface area contributed by atoms with Gasteiger partial charge in [-0.3, -0.25) is 9.36 Å². The SMILES string of the molecule is Cc1ccccc1C1(n2c(Cn3nc(-c4ccc(O)c5c4CCC5)c4c(N)ncnc43)nc3cccc(C)c3c2=O)CC1. The molecule has 0 bridgehead atoms. The van der Waals surface area contributed by atoms with Gasteiger partial charge in [0.1, 0.15) is 36.0 Å². The van der Waals surface area contributed by atoms with Gasteiger partial charge in [-0.2, -0.15) is 5.10 Å². The fourth-order valence-corrected chi connectivity index (χ4v) is 7.19. The van der Waals surface area contributed by atoms with E-state index in [0.29, 0.717) is 45.0 Å². The van der Waals surface area contributed by atoms with E-state index in [2.05, 4.69) is 29.0 Å². The van der Waals surface area contributed by atoms with Gasteiger partial charge in [0.15, 0.2) is 5.65 Å². The minimum Gasteiger partial charge on any atom is -0.508 e.